The average molecular weight is 230 g/mol. The molecule has 0 atom stereocenters. The molecule has 0 unspecified atom stereocenters. The topological polar surface area (TPSA) is 27.7 Å². The third kappa shape index (κ3) is 4.71. The maximum Gasteiger partial charge on any atom is 0.264 e. The molecular weight excluding hydrogens is 208 g/mol. The van der Waals surface area contributed by atoms with Crippen LogP contribution in [0, 0.1) is 0 Å². The third-order valence-electron chi connectivity index (χ3n) is 2.06. The molecule has 0 radical (unpaired) electrons. The molecule has 0 aromatic carbocycles. The lowest BCUT2D eigenvalue weighted by Crippen LogP contribution is -2.27. The molecule has 1 aliphatic heterocycles. The molecule has 4 heteroatoms. The van der Waals surface area contributed by atoms with Gasteiger partial charge >= 0.3 is 0 Å². The number of ether oxygens (including phenoxy) is 2. The first kappa shape index (κ1) is 12.6. The number of rotatable bonds is 4. The fourth-order valence-corrected chi connectivity index (χ4v) is 2.19. The largest absolute Gasteiger partial charge is 0.520 e. The van der Waals surface area contributed by atoms with Crippen LogP contribution in [0.15, 0.2) is 11.5 Å². The van der Waals surface area contributed by atoms with Gasteiger partial charge in [0.2, 0.25) is 8.32 Å². The molecule has 1 saturated heterocycles. The van der Waals surface area contributed by atoms with Gasteiger partial charge in [-0.2, -0.15) is 0 Å². The molecule has 0 bridgehead atoms. The van der Waals surface area contributed by atoms with Crippen LogP contribution in [0.1, 0.15) is 19.8 Å². The lowest BCUT2D eigenvalue weighted by molar-refractivity contribution is 0.0816. The summed E-state index contributed by atoms with van der Waals surface area (Å²) in [7, 11) is -1.57. The minimum Gasteiger partial charge on any atom is -0.520 e. The van der Waals surface area contributed by atoms with E-state index >= 15 is 0 Å². The van der Waals surface area contributed by atoms with Gasteiger partial charge in [0, 0.05) is 5.57 Å². The molecule has 1 aliphatic rings. The second-order valence-corrected chi connectivity index (χ2v) is 9.08. The van der Waals surface area contributed by atoms with Crippen molar-refractivity contribution in [3.8, 4) is 0 Å². The average Bonchev–Trinajstić information content (AvgIpc) is 2.17. The molecular formula is C11H22O3Si. The first-order valence-corrected chi connectivity index (χ1v) is 9.05. The predicted octanol–water partition coefficient (Wildman–Crippen LogP) is 2.90. The van der Waals surface area contributed by atoms with E-state index in [1.165, 1.54) is 5.57 Å². The summed E-state index contributed by atoms with van der Waals surface area (Å²) >= 11 is 0. The molecule has 0 N–H and O–H groups in total. The molecule has 0 saturated carbocycles. The van der Waals surface area contributed by atoms with Gasteiger partial charge in [0.1, 0.15) is 0 Å². The molecule has 1 rings (SSSR count). The van der Waals surface area contributed by atoms with Gasteiger partial charge in [-0.15, -0.1) is 0 Å². The van der Waals surface area contributed by atoms with Gasteiger partial charge in [0.25, 0.3) is 5.95 Å². The number of hydrogen-bond acceptors (Lipinski definition) is 3. The second kappa shape index (κ2) is 5.56. The van der Waals surface area contributed by atoms with Crippen molar-refractivity contribution in [2.75, 3.05) is 19.8 Å². The van der Waals surface area contributed by atoms with E-state index in [0.717, 1.165) is 32.0 Å². The summed E-state index contributed by atoms with van der Waals surface area (Å²) < 4.78 is 16.9. The fraction of sp³-hybridized carbons (Fsp3) is 0.818. The van der Waals surface area contributed by atoms with Crippen molar-refractivity contribution in [1.82, 2.24) is 0 Å². The van der Waals surface area contributed by atoms with Crippen LogP contribution in [0.3, 0.4) is 0 Å². The van der Waals surface area contributed by atoms with Crippen molar-refractivity contribution in [1.29, 1.82) is 0 Å². The third-order valence-corrected chi connectivity index (χ3v) is 2.86. The van der Waals surface area contributed by atoms with Crippen LogP contribution < -0.4 is 0 Å². The molecule has 0 aromatic heterocycles. The van der Waals surface area contributed by atoms with Gasteiger partial charge in [-0.3, -0.25) is 0 Å². The van der Waals surface area contributed by atoms with Crippen LogP contribution in [0.25, 0.3) is 0 Å². The lowest BCUT2D eigenvalue weighted by Gasteiger charge is -2.25. The highest BCUT2D eigenvalue weighted by molar-refractivity contribution is 6.70. The summed E-state index contributed by atoms with van der Waals surface area (Å²) in [5.41, 5.74) is 1.28. The Balaban J connectivity index is 2.70. The highest BCUT2D eigenvalue weighted by Crippen LogP contribution is 2.22. The fourth-order valence-electron chi connectivity index (χ4n) is 1.43. The van der Waals surface area contributed by atoms with Gasteiger partial charge < -0.3 is 13.9 Å². The summed E-state index contributed by atoms with van der Waals surface area (Å²) in [4.78, 5) is 0. The Morgan fingerprint density at radius 1 is 1.27 bits per heavy atom. The van der Waals surface area contributed by atoms with E-state index in [4.69, 9.17) is 13.9 Å². The summed E-state index contributed by atoms with van der Waals surface area (Å²) in [5, 5.41) is 0. The maximum atomic E-state index is 5.96. The van der Waals surface area contributed by atoms with E-state index in [2.05, 4.69) is 19.6 Å². The Morgan fingerprint density at radius 3 is 2.33 bits per heavy atom. The van der Waals surface area contributed by atoms with Crippen molar-refractivity contribution < 1.29 is 13.9 Å². The van der Waals surface area contributed by atoms with E-state index < -0.39 is 8.32 Å². The highest BCUT2D eigenvalue weighted by atomic mass is 28.4. The molecule has 0 aliphatic carbocycles. The molecule has 15 heavy (non-hydrogen) atoms. The second-order valence-electron chi connectivity index (χ2n) is 4.65. The first-order valence-electron chi connectivity index (χ1n) is 5.64. The summed E-state index contributed by atoms with van der Waals surface area (Å²) in [5.74, 6) is 0.778. The minimum atomic E-state index is -1.57. The normalized spacial score (nSPS) is 17.5. The van der Waals surface area contributed by atoms with Crippen molar-refractivity contribution in [2.24, 2.45) is 0 Å². The maximum absolute atomic E-state index is 5.96. The Labute approximate surface area is 93.5 Å². The monoisotopic (exact) mass is 230 g/mol. The van der Waals surface area contributed by atoms with Gasteiger partial charge in [-0.05, 0) is 39.4 Å². The van der Waals surface area contributed by atoms with E-state index in [0.29, 0.717) is 6.61 Å². The Bertz CT molecular complexity index is 222. The van der Waals surface area contributed by atoms with E-state index in [1.807, 2.05) is 6.92 Å². The van der Waals surface area contributed by atoms with Crippen LogP contribution in [0.5, 0.6) is 0 Å². The zero-order valence-corrected chi connectivity index (χ0v) is 11.3. The van der Waals surface area contributed by atoms with E-state index in [-0.39, 0.29) is 0 Å². The molecule has 0 spiro atoms. The van der Waals surface area contributed by atoms with Gasteiger partial charge in [-0.25, -0.2) is 0 Å². The predicted molar refractivity (Wildman–Crippen MR) is 63.1 cm³/mol. The Hall–Kier alpha value is -0.483. The van der Waals surface area contributed by atoms with Gasteiger partial charge in [-0.1, -0.05) is 0 Å². The Morgan fingerprint density at radius 2 is 1.87 bits per heavy atom. The van der Waals surface area contributed by atoms with Crippen molar-refractivity contribution in [2.45, 2.75) is 39.4 Å². The van der Waals surface area contributed by atoms with Crippen molar-refractivity contribution >= 4 is 8.32 Å². The van der Waals surface area contributed by atoms with Gasteiger partial charge in [0.05, 0.1) is 19.8 Å². The van der Waals surface area contributed by atoms with Crippen LogP contribution in [-0.4, -0.2) is 28.1 Å². The smallest absolute Gasteiger partial charge is 0.264 e. The minimum absolute atomic E-state index is 0.671. The highest BCUT2D eigenvalue weighted by Gasteiger charge is 2.22. The SMILES string of the molecule is CCOC(O[Si](C)(C)C)=C1CCOCC1. The zero-order valence-electron chi connectivity index (χ0n) is 10.3. The quantitative estimate of drug-likeness (QED) is 0.549. The molecule has 88 valence electrons. The Kier molecular flexibility index (Phi) is 4.66. The zero-order chi connectivity index (χ0) is 11.3. The van der Waals surface area contributed by atoms with E-state index in [9.17, 15) is 0 Å². The molecule has 1 heterocycles. The van der Waals surface area contributed by atoms with E-state index in [1.54, 1.807) is 0 Å². The molecule has 3 nitrogen and oxygen atoms in total. The van der Waals surface area contributed by atoms with Crippen LogP contribution in [-0.2, 0) is 13.9 Å². The molecule has 0 amide bonds. The van der Waals surface area contributed by atoms with Crippen LogP contribution in [0.2, 0.25) is 19.6 Å². The van der Waals surface area contributed by atoms with Crippen LogP contribution in [0.4, 0.5) is 0 Å². The first-order chi connectivity index (χ1) is 7.03. The summed E-state index contributed by atoms with van der Waals surface area (Å²) in [6.45, 7) is 10.8. The molecule has 1 fully saturated rings. The van der Waals surface area contributed by atoms with Crippen LogP contribution >= 0.6 is 0 Å². The lowest BCUT2D eigenvalue weighted by atomic mass is 10.1. The summed E-state index contributed by atoms with van der Waals surface area (Å²) in [6, 6.07) is 0. The molecule has 0 aromatic rings. The summed E-state index contributed by atoms with van der Waals surface area (Å²) in [6.07, 6.45) is 1.89. The van der Waals surface area contributed by atoms with Gasteiger partial charge in [0.15, 0.2) is 0 Å². The standard InChI is InChI=1S/C11H22O3Si/c1-5-13-11(14-15(2,3)4)10-6-8-12-9-7-10/h5-9H2,1-4H3. The van der Waals surface area contributed by atoms with Crippen molar-refractivity contribution in [3.05, 3.63) is 11.5 Å². The van der Waals surface area contributed by atoms with Crippen molar-refractivity contribution in [3.63, 3.8) is 0 Å². The number of hydrogen-bond donors (Lipinski definition) is 0.